The zero-order valence-corrected chi connectivity index (χ0v) is 10.00. The van der Waals surface area contributed by atoms with Crippen molar-refractivity contribution in [3.8, 4) is 0 Å². The normalized spacial score (nSPS) is 15.6. The second-order valence-corrected chi connectivity index (χ2v) is 4.60. The Hall–Kier alpha value is -0.570. The van der Waals surface area contributed by atoms with Crippen molar-refractivity contribution >= 4 is 21.7 Å². The minimum Gasteiger partial charge on any atom is -0.353 e. The summed E-state index contributed by atoms with van der Waals surface area (Å²) in [5.74, 6) is 1.13. The van der Waals surface area contributed by atoms with Gasteiger partial charge in [-0.2, -0.15) is 0 Å². The van der Waals surface area contributed by atoms with Gasteiger partial charge in [-0.3, -0.25) is 0 Å². The quantitative estimate of drug-likeness (QED) is 0.769. The van der Waals surface area contributed by atoms with E-state index in [2.05, 4.69) is 38.8 Å². The Morgan fingerprint density at radius 1 is 1.57 bits per heavy atom. The van der Waals surface area contributed by atoms with Crippen molar-refractivity contribution in [2.24, 2.45) is 0 Å². The van der Waals surface area contributed by atoms with Gasteiger partial charge in [0.1, 0.15) is 5.82 Å². The van der Waals surface area contributed by atoms with Crippen molar-refractivity contribution in [2.75, 3.05) is 16.8 Å². The summed E-state index contributed by atoms with van der Waals surface area (Å²) in [5, 5.41) is 1.01. The van der Waals surface area contributed by atoms with E-state index in [1.807, 2.05) is 12.3 Å². The highest BCUT2D eigenvalue weighted by Gasteiger charge is 2.29. The minimum absolute atomic E-state index is 0.738. The fourth-order valence-electron chi connectivity index (χ4n) is 1.64. The summed E-state index contributed by atoms with van der Waals surface area (Å²) in [6.07, 6.45) is 4.54. The van der Waals surface area contributed by atoms with Crippen LogP contribution in [0.15, 0.2) is 18.3 Å². The maximum Gasteiger partial charge on any atom is 0.129 e. The molecule has 0 aromatic carbocycles. The maximum atomic E-state index is 4.42. The molecule has 0 unspecified atom stereocenters. The van der Waals surface area contributed by atoms with E-state index in [4.69, 9.17) is 0 Å². The summed E-state index contributed by atoms with van der Waals surface area (Å²) < 4.78 is 0. The molecule has 2 rings (SSSR count). The highest BCUT2D eigenvalue weighted by molar-refractivity contribution is 9.09. The van der Waals surface area contributed by atoms with Gasteiger partial charge >= 0.3 is 0 Å². The van der Waals surface area contributed by atoms with Gasteiger partial charge in [-0.25, -0.2) is 4.98 Å². The first-order valence-corrected chi connectivity index (χ1v) is 6.18. The summed E-state index contributed by atoms with van der Waals surface area (Å²) in [5.41, 5.74) is 1.29. The summed E-state index contributed by atoms with van der Waals surface area (Å²) in [6, 6.07) is 4.95. The van der Waals surface area contributed by atoms with Crippen molar-refractivity contribution in [2.45, 2.75) is 25.8 Å². The first kappa shape index (κ1) is 9.97. The van der Waals surface area contributed by atoms with Gasteiger partial charge in [0.2, 0.25) is 0 Å². The van der Waals surface area contributed by atoms with Gasteiger partial charge < -0.3 is 4.90 Å². The molecule has 0 N–H and O–H groups in total. The Kier molecular flexibility index (Phi) is 3.06. The number of aromatic nitrogens is 1. The molecule has 1 aliphatic carbocycles. The van der Waals surface area contributed by atoms with Gasteiger partial charge in [0.05, 0.1) is 0 Å². The Morgan fingerprint density at radius 3 is 2.93 bits per heavy atom. The lowest BCUT2D eigenvalue weighted by molar-refractivity contribution is 0.815. The molecule has 1 fully saturated rings. The number of anilines is 1. The van der Waals surface area contributed by atoms with Crippen molar-refractivity contribution in [3.63, 3.8) is 0 Å². The van der Waals surface area contributed by atoms with Crippen molar-refractivity contribution < 1.29 is 0 Å². The SMILES string of the molecule is Cc1ccnc(N(CCBr)C2CC2)c1. The van der Waals surface area contributed by atoms with Crippen LogP contribution >= 0.6 is 15.9 Å². The highest BCUT2D eigenvalue weighted by atomic mass is 79.9. The smallest absolute Gasteiger partial charge is 0.129 e. The Bertz CT molecular complexity index is 310. The third kappa shape index (κ3) is 2.27. The third-order valence-electron chi connectivity index (χ3n) is 2.51. The lowest BCUT2D eigenvalue weighted by Gasteiger charge is -2.22. The Labute approximate surface area is 93.5 Å². The Morgan fingerprint density at radius 2 is 2.36 bits per heavy atom. The van der Waals surface area contributed by atoms with E-state index in [0.717, 1.165) is 23.7 Å². The van der Waals surface area contributed by atoms with Crippen molar-refractivity contribution in [1.29, 1.82) is 0 Å². The van der Waals surface area contributed by atoms with Gasteiger partial charge in [-0.05, 0) is 37.5 Å². The maximum absolute atomic E-state index is 4.42. The van der Waals surface area contributed by atoms with E-state index in [-0.39, 0.29) is 0 Å². The van der Waals surface area contributed by atoms with Crippen LogP contribution in [0.1, 0.15) is 18.4 Å². The lowest BCUT2D eigenvalue weighted by Crippen LogP contribution is -2.28. The average Bonchev–Trinajstić information content (AvgIpc) is 2.97. The molecule has 0 saturated heterocycles. The molecule has 0 amide bonds. The molecular formula is C11H15BrN2. The van der Waals surface area contributed by atoms with Crippen LogP contribution in [0.5, 0.6) is 0 Å². The van der Waals surface area contributed by atoms with E-state index in [9.17, 15) is 0 Å². The fourth-order valence-corrected chi connectivity index (χ4v) is 2.02. The summed E-state index contributed by atoms with van der Waals surface area (Å²) >= 11 is 3.49. The molecule has 14 heavy (non-hydrogen) atoms. The number of alkyl halides is 1. The molecule has 0 spiro atoms. The number of rotatable bonds is 4. The standard InChI is InChI=1S/C11H15BrN2/c1-9-4-6-13-11(8-9)14(7-5-12)10-2-3-10/h4,6,8,10H,2-3,5,7H2,1H3. The molecule has 0 aliphatic heterocycles. The second kappa shape index (κ2) is 4.30. The molecule has 76 valence electrons. The predicted octanol–water partition coefficient (Wildman–Crippen LogP) is 2.75. The van der Waals surface area contributed by atoms with E-state index in [1.165, 1.54) is 18.4 Å². The molecule has 3 heteroatoms. The van der Waals surface area contributed by atoms with Gasteiger partial charge in [0, 0.05) is 24.1 Å². The van der Waals surface area contributed by atoms with E-state index < -0.39 is 0 Å². The zero-order chi connectivity index (χ0) is 9.97. The van der Waals surface area contributed by atoms with Crippen LogP contribution in [0, 0.1) is 6.92 Å². The number of aryl methyl sites for hydroxylation is 1. The zero-order valence-electron chi connectivity index (χ0n) is 8.41. The first-order chi connectivity index (χ1) is 6.81. The average molecular weight is 255 g/mol. The molecular weight excluding hydrogens is 240 g/mol. The predicted molar refractivity (Wildman–Crippen MR) is 63.1 cm³/mol. The molecule has 1 aliphatic rings. The van der Waals surface area contributed by atoms with Crippen molar-refractivity contribution in [3.05, 3.63) is 23.9 Å². The molecule has 0 bridgehead atoms. The van der Waals surface area contributed by atoms with Crippen LogP contribution in [-0.4, -0.2) is 22.9 Å². The van der Waals surface area contributed by atoms with E-state index in [0.29, 0.717) is 0 Å². The molecule has 2 nitrogen and oxygen atoms in total. The molecule has 0 radical (unpaired) electrons. The van der Waals surface area contributed by atoms with E-state index in [1.54, 1.807) is 0 Å². The summed E-state index contributed by atoms with van der Waals surface area (Å²) in [7, 11) is 0. The molecule has 1 aromatic heterocycles. The fraction of sp³-hybridized carbons (Fsp3) is 0.545. The van der Waals surface area contributed by atoms with Crippen LogP contribution in [0.25, 0.3) is 0 Å². The largest absolute Gasteiger partial charge is 0.353 e. The Balaban J connectivity index is 2.16. The van der Waals surface area contributed by atoms with Gasteiger partial charge in [-0.1, -0.05) is 15.9 Å². The molecule has 1 aromatic rings. The highest BCUT2D eigenvalue weighted by Crippen LogP contribution is 2.30. The van der Waals surface area contributed by atoms with Crippen LogP contribution in [0.4, 0.5) is 5.82 Å². The number of hydrogen-bond donors (Lipinski definition) is 0. The van der Waals surface area contributed by atoms with Gasteiger partial charge in [-0.15, -0.1) is 0 Å². The van der Waals surface area contributed by atoms with Crippen LogP contribution in [-0.2, 0) is 0 Å². The first-order valence-electron chi connectivity index (χ1n) is 5.06. The number of pyridine rings is 1. The van der Waals surface area contributed by atoms with E-state index >= 15 is 0 Å². The van der Waals surface area contributed by atoms with Crippen LogP contribution < -0.4 is 4.90 Å². The summed E-state index contributed by atoms with van der Waals surface area (Å²) in [4.78, 5) is 6.83. The van der Waals surface area contributed by atoms with Crippen molar-refractivity contribution in [1.82, 2.24) is 4.98 Å². The molecule has 0 atom stereocenters. The molecule has 1 heterocycles. The second-order valence-electron chi connectivity index (χ2n) is 3.80. The van der Waals surface area contributed by atoms with Gasteiger partial charge in [0.15, 0.2) is 0 Å². The summed E-state index contributed by atoms with van der Waals surface area (Å²) in [6.45, 7) is 3.17. The van der Waals surface area contributed by atoms with Crippen LogP contribution in [0.2, 0.25) is 0 Å². The number of nitrogens with zero attached hydrogens (tertiary/aromatic N) is 2. The monoisotopic (exact) mass is 254 g/mol. The number of halogens is 1. The number of hydrogen-bond acceptors (Lipinski definition) is 2. The lowest BCUT2D eigenvalue weighted by atomic mass is 10.3. The van der Waals surface area contributed by atoms with Gasteiger partial charge in [0.25, 0.3) is 0 Å². The van der Waals surface area contributed by atoms with Crippen LogP contribution in [0.3, 0.4) is 0 Å². The third-order valence-corrected chi connectivity index (χ3v) is 2.86. The topological polar surface area (TPSA) is 16.1 Å². The molecule has 1 saturated carbocycles. The minimum atomic E-state index is 0.738.